The largest absolute Gasteiger partial charge is 0.459 e. The van der Waals surface area contributed by atoms with Gasteiger partial charge in [0.05, 0.1) is 76.7 Å². The van der Waals surface area contributed by atoms with E-state index in [9.17, 15) is 52.7 Å². The highest BCUT2D eigenvalue weighted by molar-refractivity contribution is 6.31. The number of hydrogen-bond acceptors (Lipinski definition) is 19. The van der Waals surface area contributed by atoms with Crippen LogP contribution in [0.1, 0.15) is 142 Å². The number of nitrogens with one attached hydrogen (secondary N) is 3. The van der Waals surface area contributed by atoms with Crippen LogP contribution in [-0.2, 0) is 104 Å². The Hall–Kier alpha value is -6.96. The number of imide groups is 1. The highest BCUT2D eigenvalue weighted by Gasteiger charge is 2.48. The molecular formula is C67H94ClN5O19. The molecule has 6 amide bonds. The van der Waals surface area contributed by atoms with E-state index in [2.05, 4.69) is 16.0 Å². The number of carbonyl (C=O) groups excluding carboxylic acids is 11. The average molecular weight is 1310 g/mol. The minimum Gasteiger partial charge on any atom is -0.459 e. The molecule has 0 unspecified atom stereocenters. The normalized spacial score (nSPS) is 21.0. The number of aryl methyl sites for hydroxylation is 2. The van der Waals surface area contributed by atoms with Gasteiger partial charge >= 0.3 is 17.9 Å². The van der Waals surface area contributed by atoms with E-state index in [-0.39, 0.29) is 133 Å². The monoisotopic (exact) mass is 1310 g/mol. The summed E-state index contributed by atoms with van der Waals surface area (Å²) in [5, 5.41) is 9.27. The zero-order chi connectivity index (χ0) is 67.7. The predicted molar refractivity (Wildman–Crippen MR) is 336 cm³/mol. The van der Waals surface area contributed by atoms with E-state index in [4.69, 9.17) is 49.6 Å². The molecule has 24 nitrogen and oxygen atoms in total. The second-order valence-corrected chi connectivity index (χ2v) is 25.4. The smallest absolute Gasteiger partial charge is 0.347 e. The molecule has 2 aromatic rings. The maximum absolute atomic E-state index is 14.0. The van der Waals surface area contributed by atoms with E-state index in [1.807, 2.05) is 64.1 Å². The van der Waals surface area contributed by atoms with Crippen molar-refractivity contribution in [2.75, 3.05) is 73.0 Å². The van der Waals surface area contributed by atoms with E-state index in [0.29, 0.717) is 48.5 Å². The molecule has 5 rings (SSSR count). The molecule has 0 saturated carbocycles. The van der Waals surface area contributed by atoms with Gasteiger partial charge in [-0.2, -0.15) is 0 Å². The van der Waals surface area contributed by atoms with Crippen molar-refractivity contribution in [2.45, 2.75) is 169 Å². The summed E-state index contributed by atoms with van der Waals surface area (Å²) >= 11 is 6.40. The predicted octanol–water partition coefficient (Wildman–Crippen LogP) is 5.96. The number of ketones is 2. The summed E-state index contributed by atoms with van der Waals surface area (Å²) in [6.45, 7) is 17.5. The highest BCUT2D eigenvalue weighted by atomic mass is 35.5. The second-order valence-electron chi connectivity index (χ2n) is 25.0. The van der Waals surface area contributed by atoms with Crippen LogP contribution >= 0.6 is 11.6 Å². The van der Waals surface area contributed by atoms with Crippen LogP contribution in [0.4, 0.5) is 0 Å². The molecular weight excluding hydrogens is 1210 g/mol. The molecule has 0 bridgehead atoms. The van der Waals surface area contributed by atoms with E-state index < -0.39 is 101 Å². The van der Waals surface area contributed by atoms with Crippen LogP contribution in [-0.4, -0.2) is 178 Å². The SMILES string of the molecule is COCCOCCOCCOCCC(=O)N(CCC(=O)N[C@H](C(=O)C[C@@H](C)C(=O)CCc1ccc([C@H]2O[C@@H]2[C@@H](C)[C@@H]2C/C=C/C(=O)N[C@H](Cc3ccc(C)c(Cl)c3)C(=O)NCC(C)(C)C(=O)O[C@@H](CC(C)C)C(=O)O2)cc1)C(C)C)CCC(=O)ON1C(=O)CCC1=O. The van der Waals surface area contributed by atoms with Gasteiger partial charge in [-0.1, -0.05) is 95.6 Å². The molecule has 3 N–H and O–H groups in total. The zero-order valence-electron chi connectivity index (χ0n) is 54.8. The van der Waals surface area contributed by atoms with Crippen LogP contribution < -0.4 is 16.0 Å². The third-order valence-electron chi connectivity index (χ3n) is 16.0. The van der Waals surface area contributed by atoms with Crippen LogP contribution in [0.5, 0.6) is 0 Å². The number of cyclic esters (lactones) is 2. The Bertz CT molecular complexity index is 2880. The number of hydrogen-bond donors (Lipinski definition) is 3. The molecule has 2 saturated heterocycles. The quantitative estimate of drug-likeness (QED) is 0.0310. The maximum Gasteiger partial charge on any atom is 0.347 e. The Morgan fingerprint density at radius 2 is 1.41 bits per heavy atom. The van der Waals surface area contributed by atoms with Gasteiger partial charge in [-0.3, -0.25) is 43.2 Å². The number of Topliss-reactive ketones (excluding diaryl/α,β-unsaturated/α-hetero) is 2. The van der Waals surface area contributed by atoms with Gasteiger partial charge in [0.1, 0.15) is 24.0 Å². The Kier molecular flexibility index (Phi) is 31.0. The summed E-state index contributed by atoms with van der Waals surface area (Å²) in [6, 6.07) is 11.0. The van der Waals surface area contributed by atoms with Gasteiger partial charge in [0.2, 0.25) is 23.6 Å². The Morgan fingerprint density at radius 1 is 0.783 bits per heavy atom. The number of hydroxylamine groups is 2. The molecule has 508 valence electrons. The third kappa shape index (κ3) is 25.2. The fraction of sp³-hybridized carbons (Fsp3) is 0.627. The van der Waals surface area contributed by atoms with Gasteiger partial charge in [-0.05, 0) is 79.8 Å². The van der Waals surface area contributed by atoms with Crippen LogP contribution in [0.25, 0.3) is 0 Å². The second kappa shape index (κ2) is 37.7. The minimum atomic E-state index is -1.28. The van der Waals surface area contributed by atoms with Gasteiger partial charge in [0.25, 0.3) is 11.8 Å². The molecule has 3 aliphatic heterocycles. The minimum absolute atomic E-state index is 0.0108. The first-order chi connectivity index (χ1) is 43.7. The van der Waals surface area contributed by atoms with Crippen molar-refractivity contribution in [3.63, 3.8) is 0 Å². The molecule has 25 heteroatoms. The fourth-order valence-electron chi connectivity index (χ4n) is 10.2. The third-order valence-corrected chi connectivity index (χ3v) is 16.4. The molecule has 0 radical (unpaired) electrons. The van der Waals surface area contributed by atoms with Crippen LogP contribution in [0, 0.1) is 36.0 Å². The fourth-order valence-corrected chi connectivity index (χ4v) is 10.4. The lowest BCUT2D eigenvalue weighted by molar-refractivity contribution is -0.197. The number of esters is 2. The van der Waals surface area contributed by atoms with Gasteiger partial charge < -0.3 is 58.8 Å². The number of amides is 6. The Morgan fingerprint density at radius 3 is 2.04 bits per heavy atom. The summed E-state index contributed by atoms with van der Waals surface area (Å²) < 4.78 is 39.6. The first-order valence-corrected chi connectivity index (χ1v) is 32.1. The molecule has 2 aromatic carbocycles. The number of rotatable bonds is 35. The highest BCUT2D eigenvalue weighted by Crippen LogP contribution is 2.45. The molecule has 0 spiro atoms. The number of benzene rings is 2. The van der Waals surface area contributed by atoms with Crippen molar-refractivity contribution in [2.24, 2.45) is 29.1 Å². The van der Waals surface area contributed by atoms with Crippen molar-refractivity contribution in [1.82, 2.24) is 25.9 Å². The number of methoxy groups -OCH3 is 1. The van der Waals surface area contributed by atoms with Crippen LogP contribution in [0.15, 0.2) is 54.6 Å². The first-order valence-electron chi connectivity index (χ1n) is 31.7. The topological polar surface area (TPSA) is 307 Å². The molecule has 92 heavy (non-hydrogen) atoms. The number of carbonyl (C=O) groups is 11. The van der Waals surface area contributed by atoms with Crippen LogP contribution in [0.2, 0.25) is 5.02 Å². The van der Waals surface area contributed by atoms with Crippen molar-refractivity contribution in [1.29, 1.82) is 0 Å². The van der Waals surface area contributed by atoms with Crippen molar-refractivity contribution in [3.05, 3.63) is 81.9 Å². The van der Waals surface area contributed by atoms with Gasteiger partial charge in [0.15, 0.2) is 11.9 Å². The summed E-state index contributed by atoms with van der Waals surface area (Å²) in [4.78, 5) is 152. The van der Waals surface area contributed by atoms with E-state index in [1.54, 1.807) is 53.9 Å². The molecule has 0 aliphatic carbocycles. The summed E-state index contributed by atoms with van der Waals surface area (Å²) in [7, 11) is 1.58. The lowest BCUT2D eigenvalue weighted by atomic mass is 9.89. The van der Waals surface area contributed by atoms with E-state index in [0.717, 1.165) is 16.7 Å². The maximum atomic E-state index is 14.0. The first kappa shape index (κ1) is 75.8. The lowest BCUT2D eigenvalue weighted by Gasteiger charge is -2.29. The summed E-state index contributed by atoms with van der Waals surface area (Å²) in [6.07, 6.45) is -0.174. The number of ether oxygens (including phenoxy) is 7. The van der Waals surface area contributed by atoms with Gasteiger partial charge in [-0.15, -0.1) is 5.06 Å². The van der Waals surface area contributed by atoms with Gasteiger partial charge in [0, 0.05) is 88.5 Å². The summed E-state index contributed by atoms with van der Waals surface area (Å²) in [5.41, 5.74) is 1.99. The molecule has 3 heterocycles. The standard InChI is InChI=1S/C67H94ClN5O19/c1-41(2)36-54-65(83)89-53(12-11-13-55(76)70-50(39-47-15-14-43(5)49(68)38-47)64(82)69-40-67(8,9)66(84)90-54)45(7)62-63(91-62)48-19-16-46(17-20-48)18-21-51(74)44(6)37-52(75)61(42(3)4)71-56(77)24-27-72(28-25-60(81)92-73-58(79)22-23-59(73)80)57(78)26-29-86-32-33-88-35-34-87-31-30-85-10/h11,13-17,19-20,38,41-42,44-45,50,53-54,61-63H,12,18,21-37,39-40H2,1-10H3,(H,69,82)(H,70,76)(H,71,77)/b13-11+/t44-,45+,50-,53+,54+,61+,62-,63-/m1/s1. The van der Waals surface area contributed by atoms with Crippen molar-refractivity contribution < 1.29 is 90.7 Å². The summed E-state index contributed by atoms with van der Waals surface area (Å²) in [5.74, 6) is -7.78. The molecule has 0 aromatic heterocycles. The Balaban J connectivity index is 1.14. The van der Waals surface area contributed by atoms with E-state index >= 15 is 0 Å². The number of nitrogens with zero attached hydrogens (tertiary/aromatic N) is 2. The zero-order valence-corrected chi connectivity index (χ0v) is 55.6. The van der Waals surface area contributed by atoms with Crippen molar-refractivity contribution in [3.8, 4) is 0 Å². The number of epoxide rings is 1. The molecule has 3 aliphatic rings. The molecule has 2 fully saturated rings. The Labute approximate surface area is 544 Å². The van der Waals surface area contributed by atoms with Crippen LogP contribution in [0.3, 0.4) is 0 Å². The van der Waals surface area contributed by atoms with E-state index in [1.165, 1.54) is 11.0 Å². The average Bonchev–Trinajstić information content (AvgIpc) is 1.64. The molecule has 8 atom stereocenters. The lowest BCUT2D eigenvalue weighted by Crippen LogP contribution is -2.51. The van der Waals surface area contributed by atoms with Gasteiger partial charge in [-0.25, -0.2) is 9.59 Å². The number of halogens is 1. The van der Waals surface area contributed by atoms with Crippen molar-refractivity contribution >= 4 is 76.5 Å².